The number of aryl methyl sites for hydroxylation is 1. The van der Waals surface area contributed by atoms with Gasteiger partial charge in [-0.15, -0.1) is 0 Å². The second kappa shape index (κ2) is 3.80. The Balaban J connectivity index is 2.06. The van der Waals surface area contributed by atoms with Crippen molar-refractivity contribution in [3.05, 3.63) is 33.5 Å². The molecule has 3 heterocycles. The van der Waals surface area contributed by atoms with Crippen molar-refractivity contribution in [3.63, 3.8) is 0 Å². The Morgan fingerprint density at radius 2 is 2.22 bits per heavy atom. The van der Waals surface area contributed by atoms with Gasteiger partial charge in [-0.3, -0.25) is 10.1 Å². The quantitative estimate of drug-likeness (QED) is 0.594. The minimum absolute atomic E-state index is 0.267. The van der Waals surface area contributed by atoms with Crippen LogP contribution in [0.25, 0.3) is 11.6 Å². The molecule has 0 spiro atoms. The van der Waals surface area contributed by atoms with Gasteiger partial charge in [0.15, 0.2) is 11.6 Å². The van der Waals surface area contributed by atoms with Crippen LogP contribution in [0.2, 0.25) is 0 Å². The maximum Gasteiger partial charge on any atom is 0.433 e. The van der Waals surface area contributed by atoms with Crippen molar-refractivity contribution < 1.29 is 14.1 Å². The molecule has 0 saturated heterocycles. The van der Waals surface area contributed by atoms with Gasteiger partial charge in [0.25, 0.3) is 0 Å². The number of nitro groups is 1. The summed E-state index contributed by atoms with van der Waals surface area (Å²) in [5, 5.41) is 10.5. The predicted molar refractivity (Wildman–Crippen MR) is 60.3 cm³/mol. The summed E-state index contributed by atoms with van der Waals surface area (Å²) >= 11 is 0. The van der Waals surface area contributed by atoms with E-state index in [2.05, 4.69) is 9.97 Å². The topological polar surface area (TPSA) is 91.3 Å². The van der Waals surface area contributed by atoms with Gasteiger partial charge in [0.1, 0.15) is 4.92 Å². The summed E-state index contributed by atoms with van der Waals surface area (Å²) in [6.45, 7) is 2.45. The average molecular weight is 247 g/mol. The van der Waals surface area contributed by atoms with Crippen molar-refractivity contribution in [2.45, 2.75) is 13.3 Å². The summed E-state index contributed by atoms with van der Waals surface area (Å²) in [4.78, 5) is 18.4. The summed E-state index contributed by atoms with van der Waals surface area (Å²) in [5.41, 5.74) is 1.80. The third kappa shape index (κ3) is 1.60. The van der Waals surface area contributed by atoms with Gasteiger partial charge in [-0.05, 0) is 13.0 Å². The molecule has 1 aliphatic heterocycles. The third-order valence-corrected chi connectivity index (χ3v) is 2.76. The maximum absolute atomic E-state index is 10.5. The largest absolute Gasteiger partial charge is 0.477 e. The zero-order valence-corrected chi connectivity index (χ0v) is 9.54. The third-order valence-electron chi connectivity index (χ3n) is 2.76. The molecule has 0 unspecified atom stereocenters. The molecule has 0 N–H and O–H groups in total. The van der Waals surface area contributed by atoms with Crippen molar-refractivity contribution in [1.82, 2.24) is 9.97 Å². The number of furan rings is 1. The average Bonchev–Trinajstić information content (AvgIpc) is 2.97. The van der Waals surface area contributed by atoms with Crippen LogP contribution in [0.4, 0.5) is 5.88 Å². The molecule has 0 radical (unpaired) electrons. The second-order valence-electron chi connectivity index (χ2n) is 3.91. The molecule has 0 bridgehead atoms. The van der Waals surface area contributed by atoms with E-state index >= 15 is 0 Å². The van der Waals surface area contributed by atoms with E-state index in [9.17, 15) is 10.1 Å². The van der Waals surface area contributed by atoms with Gasteiger partial charge in [0.2, 0.25) is 5.88 Å². The molecule has 3 rings (SSSR count). The predicted octanol–water partition coefficient (Wildman–Crippen LogP) is 1.89. The highest BCUT2D eigenvalue weighted by atomic mass is 16.6. The summed E-state index contributed by atoms with van der Waals surface area (Å²) in [6, 6.07) is 2.76. The Morgan fingerprint density at radius 1 is 1.39 bits per heavy atom. The lowest BCUT2D eigenvalue weighted by Crippen LogP contribution is -1.95. The highest BCUT2D eigenvalue weighted by molar-refractivity contribution is 5.52. The fraction of sp³-hybridized carbons (Fsp3) is 0.273. The van der Waals surface area contributed by atoms with Crippen molar-refractivity contribution in [3.8, 4) is 17.5 Å². The van der Waals surface area contributed by atoms with Crippen LogP contribution in [-0.4, -0.2) is 21.5 Å². The number of hydrogen-bond acceptors (Lipinski definition) is 6. The Labute approximate surface area is 102 Å². The molecule has 7 nitrogen and oxygen atoms in total. The second-order valence-corrected chi connectivity index (χ2v) is 3.91. The van der Waals surface area contributed by atoms with Gasteiger partial charge < -0.3 is 9.15 Å². The maximum atomic E-state index is 10.5. The summed E-state index contributed by atoms with van der Waals surface area (Å²) in [6.07, 6.45) is 0.791. The number of fused-ring (bicyclic) bond motifs is 1. The van der Waals surface area contributed by atoms with Crippen molar-refractivity contribution in [1.29, 1.82) is 0 Å². The van der Waals surface area contributed by atoms with E-state index in [-0.39, 0.29) is 11.6 Å². The lowest BCUT2D eigenvalue weighted by Gasteiger charge is -2.03. The van der Waals surface area contributed by atoms with Gasteiger partial charge in [-0.25, -0.2) is 4.98 Å². The first kappa shape index (κ1) is 10.7. The summed E-state index contributed by atoms with van der Waals surface area (Å²) in [7, 11) is 0. The molecule has 0 aromatic carbocycles. The first-order valence-corrected chi connectivity index (χ1v) is 5.40. The van der Waals surface area contributed by atoms with Crippen LogP contribution in [0.1, 0.15) is 11.3 Å². The molecule has 2 aromatic heterocycles. The fourth-order valence-corrected chi connectivity index (χ4v) is 1.88. The lowest BCUT2D eigenvalue weighted by atomic mass is 10.2. The monoisotopic (exact) mass is 247 g/mol. The van der Waals surface area contributed by atoms with Crippen LogP contribution < -0.4 is 4.74 Å². The minimum atomic E-state index is -0.597. The number of ether oxygens (including phenoxy) is 1. The number of hydrogen-bond donors (Lipinski definition) is 0. The van der Waals surface area contributed by atoms with Gasteiger partial charge in [0.05, 0.1) is 12.7 Å². The molecule has 1 aliphatic rings. The van der Waals surface area contributed by atoms with E-state index in [1.165, 1.54) is 12.1 Å². The normalized spacial score (nSPS) is 13.2. The van der Waals surface area contributed by atoms with Gasteiger partial charge in [0, 0.05) is 17.7 Å². The highest BCUT2D eigenvalue weighted by Gasteiger charge is 2.21. The SMILES string of the molecule is Cc1nc(-c2ccc([N+](=O)[O-])o2)nc2c1CCO2. The van der Waals surface area contributed by atoms with Crippen LogP contribution >= 0.6 is 0 Å². The zero-order chi connectivity index (χ0) is 12.7. The van der Waals surface area contributed by atoms with E-state index in [0.717, 1.165) is 17.7 Å². The molecular formula is C11H9N3O4. The Bertz CT molecular complexity index is 635. The molecule has 0 aliphatic carbocycles. The Kier molecular flexibility index (Phi) is 2.26. The van der Waals surface area contributed by atoms with E-state index in [1.54, 1.807) is 0 Å². The van der Waals surface area contributed by atoms with Crippen LogP contribution in [0.3, 0.4) is 0 Å². The van der Waals surface area contributed by atoms with Crippen LogP contribution in [0, 0.1) is 17.0 Å². The fourth-order valence-electron chi connectivity index (χ4n) is 1.88. The Hall–Kier alpha value is -2.44. The lowest BCUT2D eigenvalue weighted by molar-refractivity contribution is -0.401. The van der Waals surface area contributed by atoms with Crippen LogP contribution in [-0.2, 0) is 6.42 Å². The number of aromatic nitrogens is 2. The van der Waals surface area contributed by atoms with Crippen molar-refractivity contribution in [2.75, 3.05) is 6.61 Å². The molecule has 7 heteroatoms. The molecule has 2 aromatic rings. The van der Waals surface area contributed by atoms with Crippen molar-refractivity contribution in [2.24, 2.45) is 0 Å². The van der Waals surface area contributed by atoms with Gasteiger partial charge >= 0.3 is 5.88 Å². The molecule has 0 saturated carbocycles. The molecule has 92 valence electrons. The molecule has 0 fully saturated rings. The molecule has 0 atom stereocenters. The minimum Gasteiger partial charge on any atom is -0.477 e. The van der Waals surface area contributed by atoms with Crippen molar-refractivity contribution >= 4 is 5.88 Å². The molecule has 0 amide bonds. The molecular weight excluding hydrogens is 238 g/mol. The first-order valence-electron chi connectivity index (χ1n) is 5.40. The Morgan fingerprint density at radius 3 is 2.94 bits per heavy atom. The van der Waals surface area contributed by atoms with E-state index < -0.39 is 4.92 Å². The van der Waals surface area contributed by atoms with Crippen LogP contribution in [0.5, 0.6) is 5.88 Å². The van der Waals surface area contributed by atoms with Crippen LogP contribution in [0.15, 0.2) is 16.5 Å². The smallest absolute Gasteiger partial charge is 0.433 e. The highest BCUT2D eigenvalue weighted by Crippen LogP contribution is 2.30. The first-order chi connectivity index (χ1) is 8.65. The van der Waals surface area contributed by atoms with E-state index in [4.69, 9.17) is 9.15 Å². The number of rotatable bonds is 2. The van der Waals surface area contributed by atoms with Gasteiger partial charge in [-0.2, -0.15) is 4.98 Å². The number of nitrogens with zero attached hydrogens (tertiary/aromatic N) is 3. The summed E-state index contributed by atoms with van der Waals surface area (Å²) in [5.74, 6) is 0.786. The van der Waals surface area contributed by atoms with Gasteiger partial charge in [-0.1, -0.05) is 0 Å². The summed E-state index contributed by atoms with van der Waals surface area (Å²) < 4.78 is 10.4. The zero-order valence-electron chi connectivity index (χ0n) is 9.54. The molecule has 18 heavy (non-hydrogen) atoms. The van der Waals surface area contributed by atoms with E-state index in [1.807, 2.05) is 6.92 Å². The standard InChI is InChI=1S/C11H9N3O4/c1-6-7-4-5-17-11(7)13-10(12-6)8-2-3-9(18-8)14(15)16/h2-3H,4-5H2,1H3. The van der Waals surface area contributed by atoms with E-state index in [0.29, 0.717) is 18.3 Å².